The van der Waals surface area contributed by atoms with Gasteiger partial charge in [0.1, 0.15) is 0 Å². The largest absolute Gasteiger partial charge is 0.309 e. The average Bonchev–Trinajstić information content (AvgIpc) is 0.695. The summed E-state index contributed by atoms with van der Waals surface area (Å²) in [6, 6.07) is 69.3. The van der Waals surface area contributed by atoms with Crippen LogP contribution in [-0.4, -0.2) is 39.9 Å². The summed E-state index contributed by atoms with van der Waals surface area (Å²) in [5.41, 5.74) is 27.8. The van der Waals surface area contributed by atoms with E-state index in [2.05, 4.69) is 312 Å². The van der Waals surface area contributed by atoms with Crippen LogP contribution in [0.5, 0.6) is 0 Å². The minimum Gasteiger partial charge on any atom is -0.309 e. The Morgan fingerprint density at radius 2 is 0.417 bits per heavy atom. The van der Waals surface area contributed by atoms with Crippen molar-refractivity contribution in [3.8, 4) is 0 Å². The summed E-state index contributed by atoms with van der Waals surface area (Å²) in [6.07, 6.45) is 17.3. The number of hydrogen-bond acceptors (Lipinski definition) is 12. The molecule has 0 saturated carbocycles. The molecular weight excluding hydrogens is 1320 g/mol. The van der Waals surface area contributed by atoms with Crippen molar-refractivity contribution >= 4 is 145 Å². The monoisotopic (exact) mass is 1410 g/mol. The summed E-state index contributed by atoms with van der Waals surface area (Å²) in [5.74, 6) is 0. The number of aromatic nitrogens is 8. The molecule has 0 amide bonds. The molecule has 0 N–H and O–H groups in total. The molecule has 0 atom stereocenters. The van der Waals surface area contributed by atoms with Crippen LogP contribution in [0.1, 0.15) is 155 Å². The van der Waals surface area contributed by atoms with E-state index in [1.807, 2.05) is 24.8 Å². The van der Waals surface area contributed by atoms with E-state index in [1.165, 1.54) is 22.3 Å². The van der Waals surface area contributed by atoms with Gasteiger partial charge in [0.25, 0.3) is 0 Å². The van der Waals surface area contributed by atoms with Gasteiger partial charge >= 0.3 is 0 Å². The molecule has 0 radical (unpaired) electrons. The first-order valence-electron chi connectivity index (χ1n) is 38.3. The molecule has 16 aromatic rings. The van der Waals surface area contributed by atoms with E-state index in [-0.39, 0.29) is 21.7 Å². The highest BCUT2D eigenvalue weighted by Gasteiger charge is 2.34. The number of fused-ring (bicyclic) bond motifs is 4. The number of hydrogen-bond donors (Lipinski definition) is 0. The van der Waals surface area contributed by atoms with Gasteiger partial charge < -0.3 is 19.6 Å². The molecule has 0 saturated heterocycles. The number of anilines is 12. The molecular formula is C96H94N12. The van der Waals surface area contributed by atoms with Gasteiger partial charge in [-0.3, -0.25) is 39.9 Å². The second-order valence-electron chi connectivity index (χ2n) is 32.8. The number of aryl methyl sites for hydroxylation is 4. The zero-order valence-corrected chi connectivity index (χ0v) is 65.1. The van der Waals surface area contributed by atoms with Gasteiger partial charge in [-0.2, -0.15) is 0 Å². The molecule has 12 aromatic carbocycles. The number of benzene rings is 12. The zero-order valence-electron chi connectivity index (χ0n) is 65.1. The lowest BCUT2D eigenvalue weighted by Crippen LogP contribution is -2.19. The Hall–Kier alpha value is -11.8. The number of rotatable bonds is 16. The Balaban J connectivity index is 1.14. The lowest BCUT2D eigenvalue weighted by atomic mass is 9.86. The highest BCUT2D eigenvalue weighted by atomic mass is 15.2. The van der Waals surface area contributed by atoms with Crippen LogP contribution in [0.25, 0.3) is 76.5 Å². The maximum atomic E-state index is 5.16. The van der Waals surface area contributed by atoms with Crippen molar-refractivity contribution in [1.29, 1.82) is 0 Å². The third-order valence-electron chi connectivity index (χ3n) is 22.0. The third kappa shape index (κ3) is 12.3. The third-order valence-corrected chi connectivity index (χ3v) is 22.0. The summed E-state index contributed by atoms with van der Waals surface area (Å²) in [4.78, 5) is 50.5. The van der Waals surface area contributed by atoms with Crippen LogP contribution in [0.2, 0.25) is 0 Å². The van der Waals surface area contributed by atoms with Crippen LogP contribution >= 0.6 is 0 Å². The summed E-state index contributed by atoms with van der Waals surface area (Å²) in [5, 5.41) is 6.44. The fourth-order valence-corrected chi connectivity index (χ4v) is 16.3. The van der Waals surface area contributed by atoms with Crippen molar-refractivity contribution in [1.82, 2.24) is 39.9 Å². The van der Waals surface area contributed by atoms with Gasteiger partial charge in [-0.25, -0.2) is 0 Å². The van der Waals surface area contributed by atoms with Gasteiger partial charge in [-0.05, 0) is 179 Å². The van der Waals surface area contributed by atoms with Gasteiger partial charge in [-0.15, -0.1) is 0 Å². The highest BCUT2D eigenvalue weighted by molar-refractivity contribution is 6.33. The summed E-state index contributed by atoms with van der Waals surface area (Å²) < 4.78 is 0. The Labute approximate surface area is 634 Å². The van der Waals surface area contributed by atoms with E-state index in [4.69, 9.17) is 39.9 Å². The topological polar surface area (TPSA) is 116 Å². The second-order valence-corrected chi connectivity index (χ2v) is 32.8. The Bertz CT molecular complexity index is 5360. The summed E-state index contributed by atoms with van der Waals surface area (Å²) in [6.45, 7) is 36.4. The van der Waals surface area contributed by atoms with Gasteiger partial charge in [0.05, 0.1) is 89.6 Å². The standard InChI is InChI=1S/C96H94N12/c1-17-67-79(45-41-75-89(67)101-53-49-97-75)105(63-29-21-59(22-30-63)93(5,6)7)83-57-84(106(64-31-23-60(24-32-64)94(8,9)10)80-46-42-76-90(68(80)18-2)102-54-50-98-76)72-39-40-74-86(108(66-35-27-62(28-36-66)96(14,15)16)82-48-44-78-92(70(82)20-4)104-56-52-100-78)58-85(73-38-37-71(83)87(72)88(73)74)107(65-33-25-61(26-34-65)95(11,12)13)81-47-43-77-91(69(81)19-3)103-55-51-99-77/h21-58H,17-20H2,1-16H3. The fourth-order valence-electron chi connectivity index (χ4n) is 16.3. The van der Waals surface area contributed by atoms with Crippen LogP contribution < -0.4 is 19.6 Å². The molecule has 4 heterocycles. The van der Waals surface area contributed by atoms with E-state index in [1.54, 1.807) is 24.8 Å². The van der Waals surface area contributed by atoms with E-state index >= 15 is 0 Å². The maximum absolute atomic E-state index is 5.16. The van der Waals surface area contributed by atoms with Gasteiger partial charge in [-0.1, -0.05) is 184 Å². The molecule has 12 heteroatoms. The first-order valence-corrected chi connectivity index (χ1v) is 38.3. The van der Waals surface area contributed by atoms with E-state index in [0.717, 1.165) is 167 Å². The molecule has 538 valence electrons. The molecule has 0 aliphatic heterocycles. The molecule has 108 heavy (non-hydrogen) atoms. The first kappa shape index (κ1) is 70.5. The molecule has 0 spiro atoms. The smallest absolute Gasteiger partial charge is 0.0939 e. The van der Waals surface area contributed by atoms with Crippen molar-refractivity contribution in [2.24, 2.45) is 0 Å². The van der Waals surface area contributed by atoms with E-state index < -0.39 is 0 Å². The van der Waals surface area contributed by atoms with Crippen molar-refractivity contribution in [3.63, 3.8) is 0 Å². The predicted molar refractivity (Wildman–Crippen MR) is 454 cm³/mol. The molecule has 0 aliphatic carbocycles. The normalized spacial score (nSPS) is 12.4. The quantitative estimate of drug-likeness (QED) is 0.0858. The maximum Gasteiger partial charge on any atom is 0.0939 e. The molecule has 0 fully saturated rings. The van der Waals surface area contributed by atoms with Crippen molar-refractivity contribution < 1.29 is 0 Å². The Morgan fingerprint density at radius 1 is 0.222 bits per heavy atom. The fraction of sp³-hybridized carbons (Fsp3) is 0.250. The zero-order chi connectivity index (χ0) is 75.3. The molecule has 0 bridgehead atoms. The Morgan fingerprint density at radius 3 is 0.602 bits per heavy atom. The lowest BCUT2D eigenvalue weighted by Gasteiger charge is -2.36. The number of nitrogens with zero attached hydrogens (tertiary/aromatic N) is 12. The molecule has 16 rings (SSSR count). The lowest BCUT2D eigenvalue weighted by molar-refractivity contribution is 0.590. The summed E-state index contributed by atoms with van der Waals surface area (Å²) >= 11 is 0. The first-order chi connectivity index (χ1) is 51.9. The second kappa shape index (κ2) is 27.2. The van der Waals surface area contributed by atoms with Crippen molar-refractivity contribution in [2.45, 2.75) is 158 Å². The SMILES string of the molecule is CCc1c(N(c2ccc(C(C)(C)C)cc2)c2cc(N(c3ccc(C(C)(C)C)cc3)c3ccc4nccnc4c3CC)c3ccc4c(N(c5ccc(C(C)(C)C)cc5)c5ccc6nccnc6c5CC)cc(N(c5ccc(C(C)(C)C)cc5)c5ccc6nccnc6c5CC)c5ccc2c3c54)ccc2nccnc12. The predicted octanol–water partition coefficient (Wildman–Crippen LogP) is 25.7. The van der Waals surface area contributed by atoms with Crippen LogP contribution in [0.15, 0.2) is 232 Å². The summed E-state index contributed by atoms with van der Waals surface area (Å²) in [7, 11) is 0. The van der Waals surface area contributed by atoms with Crippen LogP contribution in [0, 0.1) is 0 Å². The van der Waals surface area contributed by atoms with E-state index in [0.29, 0.717) is 25.7 Å². The molecule has 4 aromatic heterocycles. The average molecular weight is 1420 g/mol. The minimum atomic E-state index is -0.113. The van der Waals surface area contributed by atoms with Crippen molar-refractivity contribution in [3.05, 3.63) is 276 Å². The minimum absolute atomic E-state index is 0.113. The van der Waals surface area contributed by atoms with Crippen LogP contribution in [0.3, 0.4) is 0 Å². The van der Waals surface area contributed by atoms with E-state index in [9.17, 15) is 0 Å². The van der Waals surface area contributed by atoms with Crippen LogP contribution in [-0.2, 0) is 47.3 Å². The molecule has 0 unspecified atom stereocenters. The van der Waals surface area contributed by atoms with Crippen molar-refractivity contribution in [2.75, 3.05) is 19.6 Å². The Kier molecular flexibility index (Phi) is 17.8. The highest BCUT2D eigenvalue weighted by Crippen LogP contribution is 2.57. The van der Waals surface area contributed by atoms with Crippen LogP contribution in [0.4, 0.5) is 68.2 Å². The molecule has 12 nitrogen and oxygen atoms in total. The van der Waals surface area contributed by atoms with Gasteiger partial charge in [0, 0.05) is 127 Å². The van der Waals surface area contributed by atoms with Gasteiger partial charge in [0.2, 0.25) is 0 Å². The van der Waals surface area contributed by atoms with Gasteiger partial charge in [0.15, 0.2) is 0 Å². The molecule has 0 aliphatic rings.